The molecule has 0 aliphatic carbocycles. The van der Waals surface area contributed by atoms with Crippen LogP contribution < -0.4 is 10.2 Å². The molecule has 15 heteroatoms. The Balaban J connectivity index is 1.80. The van der Waals surface area contributed by atoms with Crippen LogP contribution in [-0.2, 0) is 24.5 Å². The van der Waals surface area contributed by atoms with E-state index in [1.807, 2.05) is 17.0 Å². The van der Waals surface area contributed by atoms with Gasteiger partial charge in [0.05, 0.1) is 28.8 Å². The monoisotopic (exact) mass is 612 g/mol. The van der Waals surface area contributed by atoms with Gasteiger partial charge >= 0.3 is 0 Å². The summed E-state index contributed by atoms with van der Waals surface area (Å²) in [5.41, 5.74) is 1.36. The molecule has 210 valence electrons. The molecule has 3 amide bonds. The smallest absolute Gasteiger partial charge is 0.265 e. The molecule has 39 heavy (non-hydrogen) atoms. The highest BCUT2D eigenvalue weighted by Crippen LogP contribution is 2.47. The molecule has 0 saturated carbocycles. The Bertz CT molecular complexity index is 1330. The highest BCUT2D eigenvalue weighted by Gasteiger charge is 2.34. The van der Waals surface area contributed by atoms with E-state index >= 15 is 0 Å². The van der Waals surface area contributed by atoms with E-state index in [-0.39, 0.29) is 35.4 Å². The second-order valence-electron chi connectivity index (χ2n) is 8.38. The zero-order chi connectivity index (χ0) is 28.7. The van der Waals surface area contributed by atoms with Crippen LogP contribution in [0.4, 0.5) is 11.4 Å². The van der Waals surface area contributed by atoms with E-state index in [1.165, 1.54) is 53.5 Å². The number of aliphatic hydroxyl groups is 1. The molecule has 11 nitrogen and oxygen atoms in total. The van der Waals surface area contributed by atoms with Gasteiger partial charge in [-0.1, -0.05) is 23.9 Å². The molecular formula is C24H28N4O7S4. The molecule has 0 unspecified atom stereocenters. The van der Waals surface area contributed by atoms with Crippen LogP contribution in [0.15, 0.2) is 58.0 Å². The van der Waals surface area contributed by atoms with Gasteiger partial charge in [0.1, 0.15) is 5.57 Å². The van der Waals surface area contributed by atoms with Gasteiger partial charge in [-0.15, -0.1) is 11.8 Å². The minimum absolute atomic E-state index is 0.00367. The first-order valence-electron chi connectivity index (χ1n) is 11.6. The molecule has 0 bridgehead atoms. The number of nitrogens with one attached hydrogen (secondary N) is 1. The van der Waals surface area contributed by atoms with Crippen molar-refractivity contribution in [1.29, 1.82) is 0 Å². The van der Waals surface area contributed by atoms with Crippen LogP contribution in [0.2, 0.25) is 0 Å². The number of hydrogen-bond acceptors (Lipinski definition) is 10. The summed E-state index contributed by atoms with van der Waals surface area (Å²) in [7, 11) is -1.13. The summed E-state index contributed by atoms with van der Waals surface area (Å²) < 4.78 is 31.6. The first-order chi connectivity index (χ1) is 18.4. The van der Waals surface area contributed by atoms with Crippen molar-refractivity contribution in [2.45, 2.75) is 11.3 Å². The Morgan fingerprint density at radius 3 is 2.46 bits per heavy atom. The number of likely N-dealkylation sites (N-methyl/N-ethyl adjacent to an activating group) is 2. The number of aliphatic hydroxyl groups excluding tert-OH is 1. The summed E-state index contributed by atoms with van der Waals surface area (Å²) in [6, 6.07) is 5.36. The van der Waals surface area contributed by atoms with Crippen molar-refractivity contribution in [3.8, 4) is 0 Å². The predicted octanol–water partition coefficient (Wildman–Crippen LogP) is 2.08. The van der Waals surface area contributed by atoms with Crippen LogP contribution in [0.5, 0.6) is 0 Å². The molecule has 1 aromatic carbocycles. The second kappa shape index (κ2) is 13.6. The van der Waals surface area contributed by atoms with Crippen molar-refractivity contribution in [3.63, 3.8) is 0 Å². The van der Waals surface area contributed by atoms with E-state index in [1.54, 1.807) is 24.3 Å². The third-order valence-electron chi connectivity index (χ3n) is 5.52. The van der Waals surface area contributed by atoms with Crippen molar-refractivity contribution < 1.29 is 32.5 Å². The molecule has 0 spiro atoms. The predicted molar refractivity (Wildman–Crippen MR) is 157 cm³/mol. The number of carbonyl (C=O) groups is 3. The first kappa shape index (κ1) is 30.8. The molecule has 0 aromatic heterocycles. The molecule has 1 saturated heterocycles. The summed E-state index contributed by atoms with van der Waals surface area (Å²) in [5.74, 6) is -0.922. The van der Waals surface area contributed by atoms with Crippen LogP contribution in [0.1, 0.15) is 6.42 Å². The SMILES string of the molecule is CN1C(=O)C(=C/C=C/C=C2\Sc3cc(NC(=O)CSCCO)ccc3N2CCCS(=O)(=O)O)C(=O)N(C)C1=S. The van der Waals surface area contributed by atoms with Gasteiger partial charge in [-0.3, -0.25) is 28.7 Å². The van der Waals surface area contributed by atoms with Crippen LogP contribution in [0.25, 0.3) is 0 Å². The van der Waals surface area contributed by atoms with Gasteiger partial charge < -0.3 is 15.3 Å². The maximum atomic E-state index is 12.5. The third kappa shape index (κ3) is 8.16. The normalized spacial score (nSPS) is 17.0. The molecule has 1 aromatic rings. The number of carbonyl (C=O) groups excluding carboxylic acids is 3. The lowest BCUT2D eigenvalue weighted by atomic mass is 10.1. The zero-order valence-corrected chi connectivity index (χ0v) is 24.5. The van der Waals surface area contributed by atoms with Crippen molar-refractivity contribution >= 4 is 80.1 Å². The molecule has 1 fully saturated rings. The van der Waals surface area contributed by atoms with Gasteiger partial charge in [0.25, 0.3) is 21.9 Å². The third-order valence-corrected chi connectivity index (χ3v) is 8.93. The largest absolute Gasteiger partial charge is 0.396 e. The highest BCUT2D eigenvalue weighted by molar-refractivity contribution is 8.03. The van der Waals surface area contributed by atoms with Gasteiger partial charge in [0.2, 0.25) is 5.91 Å². The van der Waals surface area contributed by atoms with Crippen LogP contribution >= 0.6 is 35.7 Å². The van der Waals surface area contributed by atoms with Crippen LogP contribution in [0.3, 0.4) is 0 Å². The topological polar surface area (TPSA) is 148 Å². The van der Waals surface area contributed by atoms with E-state index in [2.05, 4.69) is 5.32 Å². The Morgan fingerprint density at radius 2 is 1.82 bits per heavy atom. The fourth-order valence-corrected chi connectivity index (χ4v) is 5.98. The molecule has 2 aliphatic rings. The van der Waals surface area contributed by atoms with E-state index in [9.17, 15) is 22.8 Å². The number of allylic oxidation sites excluding steroid dienone is 4. The van der Waals surface area contributed by atoms with Gasteiger partial charge in [-0.05, 0) is 49.0 Å². The van der Waals surface area contributed by atoms with Crippen LogP contribution in [-0.4, -0.2) is 95.2 Å². The average Bonchev–Trinajstić information content (AvgIpc) is 3.21. The summed E-state index contributed by atoms with van der Waals surface area (Å²) in [6.07, 6.45) is 6.56. The number of thioether (sulfide) groups is 2. The summed E-state index contributed by atoms with van der Waals surface area (Å²) in [4.78, 5) is 42.3. The average molecular weight is 613 g/mol. The number of benzene rings is 1. The van der Waals surface area contributed by atoms with Crippen LogP contribution in [0, 0.1) is 0 Å². The zero-order valence-electron chi connectivity index (χ0n) is 21.2. The fourth-order valence-electron chi connectivity index (χ4n) is 3.65. The maximum Gasteiger partial charge on any atom is 0.265 e. The number of fused-ring (bicyclic) bond motifs is 1. The Morgan fingerprint density at radius 1 is 1.15 bits per heavy atom. The van der Waals surface area contributed by atoms with Gasteiger partial charge in [-0.2, -0.15) is 8.42 Å². The lowest BCUT2D eigenvalue weighted by molar-refractivity contribution is -0.132. The molecule has 3 N–H and O–H groups in total. The number of amides is 3. The first-order valence-corrected chi connectivity index (χ1v) is 15.6. The molecule has 0 radical (unpaired) electrons. The molecule has 2 aliphatic heterocycles. The van der Waals surface area contributed by atoms with E-state index in [0.29, 0.717) is 18.0 Å². The van der Waals surface area contributed by atoms with Crippen molar-refractivity contribution in [1.82, 2.24) is 9.80 Å². The minimum Gasteiger partial charge on any atom is -0.396 e. The van der Waals surface area contributed by atoms with Gasteiger partial charge in [0, 0.05) is 37.0 Å². The Hall–Kier alpha value is -2.69. The fraction of sp³-hybridized carbons (Fsp3) is 0.333. The number of thiocarbonyl (C=S) groups is 1. The number of hydrogen-bond donors (Lipinski definition) is 3. The van der Waals surface area contributed by atoms with E-state index in [0.717, 1.165) is 15.6 Å². The molecule has 0 atom stereocenters. The number of anilines is 2. The highest BCUT2D eigenvalue weighted by atomic mass is 32.2. The summed E-state index contributed by atoms with van der Waals surface area (Å²) in [5, 5.41) is 12.6. The lowest BCUT2D eigenvalue weighted by Gasteiger charge is -2.31. The van der Waals surface area contributed by atoms with Crippen molar-refractivity contribution in [2.24, 2.45) is 0 Å². The summed E-state index contributed by atoms with van der Waals surface area (Å²) >= 11 is 7.81. The van der Waals surface area contributed by atoms with E-state index in [4.69, 9.17) is 21.9 Å². The molecule has 3 rings (SSSR count). The van der Waals surface area contributed by atoms with Crippen molar-refractivity contribution in [3.05, 3.63) is 53.1 Å². The maximum absolute atomic E-state index is 12.5. The Labute approximate surface area is 240 Å². The number of rotatable bonds is 11. The quantitative estimate of drug-likeness (QED) is 0.111. The molecule has 2 heterocycles. The second-order valence-corrected chi connectivity index (χ2v) is 12.5. The minimum atomic E-state index is -4.12. The number of nitrogens with zero attached hydrogens (tertiary/aromatic N) is 3. The molecular weight excluding hydrogens is 585 g/mol. The van der Waals surface area contributed by atoms with Crippen molar-refractivity contribution in [2.75, 3.05) is 54.7 Å². The van der Waals surface area contributed by atoms with Gasteiger partial charge in [0.15, 0.2) is 5.11 Å². The standard InChI is InChI=1S/C24H28N4O7S4/c1-26-22(31)17(23(32)27(2)24(26)36)6-3-4-7-21-28(10-5-13-39(33,34)35)18-9-8-16(14-19(18)38-21)25-20(30)15-37-12-11-29/h3-4,6-9,14,29H,5,10-13,15H2,1-2H3,(H,25,30)(H,33,34,35)/b4-3+,21-7-. The summed E-state index contributed by atoms with van der Waals surface area (Å²) in [6.45, 7) is 0.296. The van der Waals surface area contributed by atoms with Gasteiger partial charge in [-0.25, -0.2) is 0 Å². The van der Waals surface area contributed by atoms with E-state index < -0.39 is 27.7 Å². The lowest BCUT2D eigenvalue weighted by Crippen LogP contribution is -2.52. The Kier molecular flexibility index (Phi) is 10.7.